The molecule has 2 rings (SSSR count). The number of rotatable bonds is 17. The van der Waals surface area contributed by atoms with E-state index in [9.17, 15) is 0 Å². The first-order chi connectivity index (χ1) is 18.7. The van der Waals surface area contributed by atoms with Crippen molar-refractivity contribution < 1.29 is 0 Å². The third kappa shape index (κ3) is 12.5. The summed E-state index contributed by atoms with van der Waals surface area (Å²) in [4.78, 5) is 0. The van der Waals surface area contributed by atoms with E-state index in [-0.39, 0.29) is 6.04 Å². The Hall–Kier alpha value is -2.51. The van der Waals surface area contributed by atoms with Crippen molar-refractivity contribution in [3.63, 3.8) is 0 Å². The molecule has 1 aromatic carbocycles. The summed E-state index contributed by atoms with van der Waals surface area (Å²) in [6, 6.07) is 8.61. The molecule has 0 amide bonds. The van der Waals surface area contributed by atoms with Crippen molar-refractivity contribution in [1.82, 2.24) is 0 Å². The standard InChI is InChI=1S/C38H56N/c1-8-13-35(14-11-12-15-37-25-24-33(9-2)23-19-31(37)6)26-30(5)18-20-34(10-3)27-32(7)38(39)28-36-21-16-29(4)17-22-36/h10,16-18,20-25,28,32,35,38H,3,8-9,11-15,19,26-27,39H2,1-2,4-7H3/q+1/b30-18+,34-20+. The summed E-state index contributed by atoms with van der Waals surface area (Å²) in [5, 5.41) is 0. The highest BCUT2D eigenvalue weighted by Crippen LogP contribution is 2.27. The Balaban J connectivity index is 1.85. The van der Waals surface area contributed by atoms with Gasteiger partial charge in [0.05, 0.1) is 6.04 Å². The van der Waals surface area contributed by atoms with Crippen LogP contribution in [0.3, 0.4) is 0 Å². The van der Waals surface area contributed by atoms with Crippen molar-refractivity contribution in [1.29, 1.82) is 0 Å². The van der Waals surface area contributed by atoms with Gasteiger partial charge in [0, 0.05) is 18.6 Å². The van der Waals surface area contributed by atoms with E-state index in [1.54, 1.807) is 11.1 Å². The topological polar surface area (TPSA) is 26.0 Å². The molecule has 0 bridgehead atoms. The highest BCUT2D eigenvalue weighted by atomic mass is 14.6. The highest BCUT2D eigenvalue weighted by molar-refractivity contribution is 5.36. The van der Waals surface area contributed by atoms with Crippen LogP contribution in [0, 0.1) is 25.2 Å². The molecule has 0 fully saturated rings. The molecule has 0 radical (unpaired) electrons. The number of allylic oxidation sites excluding steroid dienone is 11. The van der Waals surface area contributed by atoms with Gasteiger partial charge in [0.15, 0.2) is 0 Å². The van der Waals surface area contributed by atoms with Crippen LogP contribution in [0.25, 0.3) is 0 Å². The van der Waals surface area contributed by atoms with Crippen LogP contribution in [0.15, 0.2) is 95.2 Å². The van der Waals surface area contributed by atoms with E-state index in [2.05, 4.69) is 109 Å². The number of nitrogens with two attached hydrogens (primary N) is 1. The zero-order chi connectivity index (χ0) is 28.6. The molecule has 0 aliphatic heterocycles. The fraction of sp³-hybridized carbons (Fsp3) is 0.500. The smallest absolute Gasteiger partial charge is 0.131 e. The van der Waals surface area contributed by atoms with Crippen LogP contribution in [0.5, 0.6) is 0 Å². The fourth-order valence-corrected chi connectivity index (χ4v) is 5.46. The third-order valence-electron chi connectivity index (χ3n) is 8.26. The van der Waals surface area contributed by atoms with Gasteiger partial charge in [0.2, 0.25) is 0 Å². The lowest BCUT2D eigenvalue weighted by Gasteiger charge is -2.18. The number of hydrogen-bond acceptors (Lipinski definition) is 1. The van der Waals surface area contributed by atoms with Crippen LogP contribution in [0.4, 0.5) is 0 Å². The maximum atomic E-state index is 6.54. The van der Waals surface area contributed by atoms with Crippen molar-refractivity contribution in [2.24, 2.45) is 17.6 Å². The van der Waals surface area contributed by atoms with E-state index >= 15 is 0 Å². The van der Waals surface area contributed by atoms with Crippen molar-refractivity contribution in [2.75, 3.05) is 0 Å². The minimum Gasteiger partial charge on any atom is -0.314 e. The zero-order valence-electron chi connectivity index (χ0n) is 25.9. The summed E-state index contributed by atoms with van der Waals surface area (Å²) in [6.45, 7) is 17.6. The molecule has 0 saturated heterocycles. The van der Waals surface area contributed by atoms with E-state index < -0.39 is 0 Å². The Morgan fingerprint density at radius 2 is 1.77 bits per heavy atom. The molecule has 1 aliphatic rings. The van der Waals surface area contributed by atoms with Gasteiger partial charge in [-0.1, -0.05) is 106 Å². The Bertz CT molecular complexity index is 1030. The molecular weight excluding hydrogens is 470 g/mol. The fourth-order valence-electron chi connectivity index (χ4n) is 5.46. The number of unbranched alkanes of at least 4 members (excludes halogenated alkanes) is 1. The summed E-state index contributed by atoms with van der Waals surface area (Å²) in [6.07, 6.45) is 28.0. The molecule has 0 heterocycles. The lowest BCUT2D eigenvalue weighted by Crippen LogP contribution is -2.29. The van der Waals surface area contributed by atoms with Gasteiger partial charge < -0.3 is 5.73 Å². The van der Waals surface area contributed by atoms with Gasteiger partial charge >= 0.3 is 0 Å². The molecule has 1 heteroatoms. The lowest BCUT2D eigenvalue weighted by atomic mass is 9.88. The quantitative estimate of drug-likeness (QED) is 0.122. The monoisotopic (exact) mass is 526 g/mol. The highest BCUT2D eigenvalue weighted by Gasteiger charge is 2.18. The molecule has 39 heavy (non-hydrogen) atoms. The van der Waals surface area contributed by atoms with Crippen molar-refractivity contribution >= 4 is 0 Å². The molecule has 1 aromatic rings. The first kappa shape index (κ1) is 32.7. The number of aryl methyl sites for hydroxylation is 1. The number of benzene rings is 1. The molecular formula is C38H56N+. The zero-order valence-corrected chi connectivity index (χ0v) is 25.9. The maximum absolute atomic E-state index is 6.54. The Labute approximate surface area is 241 Å². The van der Waals surface area contributed by atoms with E-state index in [4.69, 9.17) is 5.73 Å². The SMILES string of the molecule is C=C/C(=C\C=C(/C)CC(CCC)CCCCC1=C(C)CC=C(CC)C=C1)CC(C)C(N)[CH+]c1ccc(C)cc1. The second-order valence-electron chi connectivity index (χ2n) is 11.9. The Kier molecular flexibility index (Phi) is 15.1. The predicted molar refractivity (Wildman–Crippen MR) is 175 cm³/mol. The minimum atomic E-state index is 0.0213. The van der Waals surface area contributed by atoms with E-state index in [0.717, 1.165) is 25.2 Å². The molecule has 0 saturated carbocycles. The Morgan fingerprint density at radius 3 is 2.44 bits per heavy atom. The summed E-state index contributed by atoms with van der Waals surface area (Å²) < 4.78 is 0. The van der Waals surface area contributed by atoms with Crippen LogP contribution in [0.2, 0.25) is 0 Å². The van der Waals surface area contributed by atoms with Gasteiger partial charge in [-0.2, -0.15) is 0 Å². The maximum Gasteiger partial charge on any atom is 0.131 e. The minimum absolute atomic E-state index is 0.0213. The third-order valence-corrected chi connectivity index (χ3v) is 8.26. The van der Waals surface area contributed by atoms with Crippen LogP contribution in [-0.4, -0.2) is 6.04 Å². The first-order valence-electron chi connectivity index (χ1n) is 15.5. The molecule has 2 N–H and O–H groups in total. The normalized spacial score (nSPS) is 16.9. The van der Waals surface area contributed by atoms with Crippen molar-refractivity contribution in [2.45, 2.75) is 112 Å². The molecule has 0 spiro atoms. The van der Waals surface area contributed by atoms with Crippen LogP contribution >= 0.6 is 0 Å². The molecule has 1 nitrogen and oxygen atoms in total. The van der Waals surface area contributed by atoms with Gasteiger partial charge in [-0.3, -0.25) is 0 Å². The summed E-state index contributed by atoms with van der Waals surface area (Å²) in [7, 11) is 0. The molecule has 3 unspecified atom stereocenters. The number of hydrogen-bond donors (Lipinski definition) is 1. The van der Waals surface area contributed by atoms with Crippen LogP contribution in [0.1, 0.15) is 110 Å². The lowest BCUT2D eigenvalue weighted by molar-refractivity contribution is 0.422. The van der Waals surface area contributed by atoms with Crippen molar-refractivity contribution in [3.05, 3.63) is 113 Å². The van der Waals surface area contributed by atoms with Gasteiger partial charge in [-0.15, -0.1) is 0 Å². The predicted octanol–water partition coefficient (Wildman–Crippen LogP) is 10.9. The molecule has 3 atom stereocenters. The van der Waals surface area contributed by atoms with Gasteiger partial charge in [0.1, 0.15) is 5.56 Å². The second-order valence-corrected chi connectivity index (χ2v) is 11.9. The molecule has 0 aromatic heterocycles. The summed E-state index contributed by atoms with van der Waals surface area (Å²) in [5.74, 6) is 1.12. The van der Waals surface area contributed by atoms with Crippen LogP contribution < -0.4 is 5.73 Å². The average molecular weight is 527 g/mol. The summed E-state index contributed by atoms with van der Waals surface area (Å²) >= 11 is 0. The summed E-state index contributed by atoms with van der Waals surface area (Å²) in [5.41, 5.74) is 16.3. The second kappa shape index (κ2) is 18.0. The van der Waals surface area contributed by atoms with E-state index in [1.165, 1.54) is 72.8 Å². The van der Waals surface area contributed by atoms with Gasteiger partial charge in [0.25, 0.3) is 0 Å². The van der Waals surface area contributed by atoms with E-state index in [0.29, 0.717) is 5.92 Å². The van der Waals surface area contributed by atoms with Crippen molar-refractivity contribution in [3.8, 4) is 0 Å². The first-order valence-corrected chi connectivity index (χ1v) is 15.5. The van der Waals surface area contributed by atoms with Crippen LogP contribution in [-0.2, 0) is 0 Å². The largest absolute Gasteiger partial charge is 0.314 e. The van der Waals surface area contributed by atoms with E-state index in [1.807, 2.05) is 6.08 Å². The molecule has 212 valence electrons. The van der Waals surface area contributed by atoms with Gasteiger partial charge in [-0.25, -0.2) is 0 Å². The average Bonchev–Trinajstić information content (AvgIpc) is 3.10. The van der Waals surface area contributed by atoms with Gasteiger partial charge in [-0.05, 0) is 100.0 Å². The molecule has 1 aliphatic carbocycles. The Morgan fingerprint density at radius 1 is 1.03 bits per heavy atom.